The van der Waals surface area contributed by atoms with Crippen LogP contribution in [0.4, 0.5) is 8.78 Å². The van der Waals surface area contributed by atoms with Crippen molar-refractivity contribution >= 4 is 12.6 Å². The van der Waals surface area contributed by atoms with Gasteiger partial charge in [-0.05, 0) is 31.1 Å². The van der Waals surface area contributed by atoms with E-state index in [1.165, 1.54) is 180 Å². The molecule has 0 aliphatic carbocycles. The van der Waals surface area contributed by atoms with Gasteiger partial charge >= 0.3 is 7.12 Å². The van der Waals surface area contributed by atoms with Crippen LogP contribution in [0.5, 0.6) is 0 Å². The lowest BCUT2D eigenvalue weighted by Gasteiger charge is -2.46. The first-order valence-electron chi connectivity index (χ1n) is 24.2. The number of hydrogen-bond acceptors (Lipinski definition) is 2. The maximum Gasteiger partial charge on any atom is 0.495 e. The largest absolute Gasteiger partial charge is 0.495 e. The van der Waals surface area contributed by atoms with E-state index in [4.69, 9.17) is 9.31 Å². The van der Waals surface area contributed by atoms with Gasteiger partial charge in [0, 0.05) is 5.56 Å². The van der Waals surface area contributed by atoms with E-state index in [2.05, 4.69) is 27.7 Å². The first-order valence-corrected chi connectivity index (χ1v) is 24.2. The van der Waals surface area contributed by atoms with Crippen molar-refractivity contribution in [3.63, 3.8) is 0 Å². The summed E-state index contributed by atoms with van der Waals surface area (Å²) in [4.78, 5) is 0. The maximum absolute atomic E-state index is 14.5. The third kappa shape index (κ3) is 19.5. The fourth-order valence-electron chi connectivity index (χ4n) is 9.27. The van der Waals surface area contributed by atoms with Gasteiger partial charge in [0.2, 0.25) is 0 Å². The van der Waals surface area contributed by atoms with Gasteiger partial charge in [-0.3, -0.25) is 0 Å². The molecule has 0 N–H and O–H groups in total. The third-order valence-electron chi connectivity index (χ3n) is 12.7. The van der Waals surface area contributed by atoms with Crippen LogP contribution < -0.4 is 5.46 Å². The standard InChI is InChI=1S/C49H89BF2O2/c1-5-9-13-17-21-25-29-35-41-48(42-36-30-26-22-18-14-10-6-2)49(43-37-31-27-23-19-15-11-7-3,44-38-32-28-24-20-16-12-8-4)54-50(53-48)46-40-34-33-39-45(46)47(51)52/h33-34,39-40,47H,5-32,35-38,41-44H2,1-4H3. The van der Waals surface area contributed by atoms with Gasteiger partial charge in [-0.15, -0.1) is 0 Å². The number of unbranched alkanes of at least 4 members (excludes halogenated alkanes) is 28. The van der Waals surface area contributed by atoms with Crippen LogP contribution in [0.1, 0.15) is 271 Å². The SMILES string of the molecule is CCCCCCCCCCC1(CCCCCCCCCC)OB(c2ccccc2C(F)F)OC1(CCCCCCCCCC)CCCCCCCCCC. The van der Waals surface area contributed by atoms with E-state index in [0.717, 1.165) is 51.4 Å². The summed E-state index contributed by atoms with van der Waals surface area (Å²) in [5.41, 5.74) is -0.234. The second-order valence-corrected chi connectivity index (χ2v) is 17.4. The molecule has 1 aliphatic rings. The topological polar surface area (TPSA) is 18.5 Å². The van der Waals surface area contributed by atoms with Gasteiger partial charge in [0.15, 0.2) is 0 Å². The van der Waals surface area contributed by atoms with Crippen LogP contribution in [-0.4, -0.2) is 18.3 Å². The number of halogens is 2. The Hall–Kier alpha value is -0.935. The molecule has 1 aliphatic heterocycles. The Morgan fingerprint density at radius 3 is 0.944 bits per heavy atom. The Balaban J connectivity index is 2.37. The van der Waals surface area contributed by atoms with E-state index in [0.29, 0.717) is 5.46 Å². The van der Waals surface area contributed by atoms with Crippen molar-refractivity contribution in [3.8, 4) is 0 Å². The number of alkyl halides is 2. The van der Waals surface area contributed by atoms with Crippen LogP contribution in [0.2, 0.25) is 0 Å². The average Bonchev–Trinajstić information content (AvgIpc) is 3.49. The zero-order valence-corrected chi connectivity index (χ0v) is 36.5. The van der Waals surface area contributed by atoms with Crippen molar-refractivity contribution in [1.82, 2.24) is 0 Å². The number of benzene rings is 1. The molecular weight excluding hydrogens is 669 g/mol. The molecule has 1 saturated heterocycles. The van der Waals surface area contributed by atoms with Gasteiger partial charge in [0.1, 0.15) is 0 Å². The van der Waals surface area contributed by atoms with Crippen molar-refractivity contribution in [3.05, 3.63) is 29.8 Å². The van der Waals surface area contributed by atoms with Crippen molar-refractivity contribution in [1.29, 1.82) is 0 Å². The summed E-state index contributed by atoms with van der Waals surface area (Å²) in [5.74, 6) is 0. The normalized spacial score (nSPS) is 15.2. The molecule has 2 nitrogen and oxygen atoms in total. The average molecular weight is 759 g/mol. The summed E-state index contributed by atoms with van der Waals surface area (Å²) in [6, 6.07) is 7.07. The quantitative estimate of drug-likeness (QED) is 0.0494. The van der Waals surface area contributed by atoms with Crippen molar-refractivity contribution in [2.75, 3.05) is 0 Å². The second-order valence-electron chi connectivity index (χ2n) is 17.4. The van der Waals surface area contributed by atoms with E-state index in [1.807, 2.05) is 12.1 Å². The minimum atomic E-state index is -2.54. The minimum absolute atomic E-state index is 0.0746. The molecular formula is C49H89BF2O2. The highest BCUT2D eigenvalue weighted by Crippen LogP contribution is 2.51. The van der Waals surface area contributed by atoms with Crippen molar-refractivity contribution < 1.29 is 18.1 Å². The fraction of sp³-hybridized carbons (Fsp3) is 0.878. The van der Waals surface area contributed by atoms with Crippen LogP contribution >= 0.6 is 0 Å². The van der Waals surface area contributed by atoms with Gasteiger partial charge in [-0.25, -0.2) is 8.78 Å². The van der Waals surface area contributed by atoms with Crippen LogP contribution in [0.25, 0.3) is 0 Å². The molecule has 0 spiro atoms. The van der Waals surface area contributed by atoms with Gasteiger partial charge in [-0.2, -0.15) is 0 Å². The summed E-state index contributed by atoms with van der Waals surface area (Å²) >= 11 is 0. The first-order chi connectivity index (χ1) is 26.5. The fourth-order valence-corrected chi connectivity index (χ4v) is 9.27. The van der Waals surface area contributed by atoms with Crippen molar-refractivity contribution in [2.45, 2.75) is 276 Å². The Morgan fingerprint density at radius 1 is 0.407 bits per heavy atom. The van der Waals surface area contributed by atoms with Crippen molar-refractivity contribution in [2.24, 2.45) is 0 Å². The smallest absolute Gasteiger partial charge is 0.399 e. The maximum atomic E-state index is 14.5. The van der Waals surface area contributed by atoms with E-state index < -0.39 is 24.7 Å². The Kier molecular flexibility index (Phi) is 29.2. The molecule has 0 unspecified atom stereocenters. The van der Waals surface area contributed by atoms with Gasteiger partial charge < -0.3 is 9.31 Å². The lowest BCUT2D eigenvalue weighted by molar-refractivity contribution is -0.0770. The zero-order valence-electron chi connectivity index (χ0n) is 36.5. The van der Waals surface area contributed by atoms with Crippen LogP contribution in [0.3, 0.4) is 0 Å². The lowest BCUT2D eigenvalue weighted by Crippen LogP contribution is -2.52. The molecule has 54 heavy (non-hydrogen) atoms. The molecule has 0 atom stereocenters. The Labute approximate surface area is 336 Å². The summed E-state index contributed by atoms with van der Waals surface area (Å²) < 4.78 is 43.8. The molecule has 0 amide bonds. The van der Waals surface area contributed by atoms with Crippen LogP contribution in [0.15, 0.2) is 24.3 Å². The second kappa shape index (κ2) is 32.1. The molecule has 0 saturated carbocycles. The van der Waals surface area contributed by atoms with Crippen LogP contribution in [0, 0.1) is 0 Å². The Bertz CT molecular complexity index is 894. The first kappa shape index (κ1) is 49.2. The molecule has 1 heterocycles. The summed E-state index contributed by atoms with van der Waals surface area (Å²) in [6.45, 7) is 9.15. The summed E-state index contributed by atoms with van der Waals surface area (Å²) in [6.07, 6.45) is 42.4. The summed E-state index contributed by atoms with van der Waals surface area (Å²) in [5, 5.41) is 0. The summed E-state index contributed by atoms with van der Waals surface area (Å²) in [7, 11) is -0.721. The third-order valence-corrected chi connectivity index (χ3v) is 12.7. The molecule has 2 rings (SSSR count). The predicted molar refractivity (Wildman–Crippen MR) is 233 cm³/mol. The van der Waals surface area contributed by atoms with E-state index in [-0.39, 0.29) is 5.56 Å². The van der Waals surface area contributed by atoms with Crippen LogP contribution in [-0.2, 0) is 9.31 Å². The van der Waals surface area contributed by atoms with E-state index in [9.17, 15) is 8.78 Å². The molecule has 0 bridgehead atoms. The molecule has 1 fully saturated rings. The molecule has 314 valence electrons. The van der Waals surface area contributed by atoms with E-state index in [1.54, 1.807) is 12.1 Å². The van der Waals surface area contributed by atoms with E-state index >= 15 is 0 Å². The molecule has 1 aromatic rings. The number of rotatable bonds is 38. The van der Waals surface area contributed by atoms with Gasteiger partial charge in [-0.1, -0.05) is 257 Å². The van der Waals surface area contributed by atoms with Gasteiger partial charge in [0.25, 0.3) is 6.43 Å². The highest BCUT2D eigenvalue weighted by molar-refractivity contribution is 6.62. The highest BCUT2D eigenvalue weighted by Gasteiger charge is 2.60. The number of hydrogen-bond donors (Lipinski definition) is 0. The monoisotopic (exact) mass is 759 g/mol. The molecule has 1 aromatic carbocycles. The molecule has 0 aromatic heterocycles. The highest BCUT2D eigenvalue weighted by atomic mass is 19.3. The zero-order chi connectivity index (χ0) is 39.0. The van der Waals surface area contributed by atoms with Gasteiger partial charge in [0.05, 0.1) is 11.2 Å². The predicted octanol–water partition coefficient (Wildman–Crippen LogP) is 17.0. The molecule has 5 heteroatoms. The minimum Gasteiger partial charge on any atom is -0.399 e. The molecule has 0 radical (unpaired) electrons. The Morgan fingerprint density at radius 2 is 0.667 bits per heavy atom. The lowest BCUT2D eigenvalue weighted by atomic mass is 9.70.